The molecule has 0 bridgehead atoms. The second kappa shape index (κ2) is 5.54. The van der Waals surface area contributed by atoms with Gasteiger partial charge in [0.1, 0.15) is 22.3 Å². The summed E-state index contributed by atoms with van der Waals surface area (Å²) < 4.78 is 5.65. The molecule has 0 radical (unpaired) electrons. The maximum absolute atomic E-state index is 5.65. The van der Waals surface area contributed by atoms with Crippen molar-refractivity contribution in [1.29, 1.82) is 0 Å². The van der Waals surface area contributed by atoms with Gasteiger partial charge < -0.3 is 4.74 Å². The molecule has 5 rings (SSSR count). The van der Waals surface area contributed by atoms with Gasteiger partial charge in [-0.3, -0.25) is 5.10 Å². The first-order chi connectivity index (χ1) is 11.4. The van der Waals surface area contributed by atoms with E-state index in [0.29, 0.717) is 5.16 Å². The van der Waals surface area contributed by atoms with Crippen molar-refractivity contribution in [2.24, 2.45) is 0 Å². The zero-order valence-electron chi connectivity index (χ0n) is 12.4. The number of nitrogens with zero attached hydrogens (tertiary/aromatic N) is 4. The molecule has 0 saturated carbocycles. The maximum Gasteiger partial charge on any atom is 0.214 e. The molecule has 3 aromatic heterocycles. The number of aromatic nitrogens is 5. The summed E-state index contributed by atoms with van der Waals surface area (Å²) in [7, 11) is 0. The summed E-state index contributed by atoms with van der Waals surface area (Å²) in [6, 6.07) is 0. The number of hydrogen-bond acceptors (Lipinski definition) is 7. The molecule has 1 saturated heterocycles. The van der Waals surface area contributed by atoms with Gasteiger partial charge in [0.2, 0.25) is 5.16 Å². The van der Waals surface area contributed by atoms with Crippen LogP contribution in [0.1, 0.15) is 41.6 Å². The van der Waals surface area contributed by atoms with Crippen molar-refractivity contribution in [3.8, 4) is 0 Å². The van der Waals surface area contributed by atoms with Gasteiger partial charge in [0.25, 0.3) is 0 Å². The highest BCUT2D eigenvalue weighted by atomic mass is 32.2. The van der Waals surface area contributed by atoms with Gasteiger partial charge in [0.15, 0.2) is 5.82 Å². The SMILES string of the molecule is c1nc(Sc2n[nH]c([C@H]3CCCO3)n2)c2c3c(sc2n1)CCC3. The van der Waals surface area contributed by atoms with Crippen LogP contribution in [0.3, 0.4) is 0 Å². The van der Waals surface area contributed by atoms with Crippen LogP contribution in [-0.4, -0.2) is 31.8 Å². The first kappa shape index (κ1) is 13.9. The van der Waals surface area contributed by atoms with Crippen LogP contribution >= 0.6 is 23.1 Å². The van der Waals surface area contributed by atoms with Crippen LogP contribution in [0.4, 0.5) is 0 Å². The number of H-pyrrole nitrogens is 1. The minimum atomic E-state index is 0.0627. The van der Waals surface area contributed by atoms with Gasteiger partial charge in [0, 0.05) is 16.9 Å². The van der Waals surface area contributed by atoms with E-state index in [1.165, 1.54) is 40.4 Å². The molecule has 0 amide bonds. The van der Waals surface area contributed by atoms with Crippen LogP contribution in [0.25, 0.3) is 10.2 Å². The Morgan fingerprint density at radius 1 is 1.26 bits per heavy atom. The third-order valence-corrected chi connectivity index (χ3v) is 6.44. The van der Waals surface area contributed by atoms with Gasteiger partial charge in [-0.05, 0) is 49.4 Å². The molecule has 6 nitrogen and oxygen atoms in total. The summed E-state index contributed by atoms with van der Waals surface area (Å²) in [6.45, 7) is 0.807. The van der Waals surface area contributed by atoms with E-state index in [4.69, 9.17) is 4.74 Å². The van der Waals surface area contributed by atoms with Crippen LogP contribution < -0.4 is 0 Å². The molecule has 23 heavy (non-hydrogen) atoms. The molecule has 118 valence electrons. The van der Waals surface area contributed by atoms with E-state index >= 15 is 0 Å². The first-order valence-electron chi connectivity index (χ1n) is 7.85. The third-order valence-electron chi connectivity index (χ3n) is 4.37. The Morgan fingerprint density at radius 3 is 3.17 bits per heavy atom. The van der Waals surface area contributed by atoms with Crippen LogP contribution in [0, 0.1) is 0 Å². The van der Waals surface area contributed by atoms with E-state index in [1.54, 1.807) is 17.7 Å². The summed E-state index contributed by atoms with van der Waals surface area (Å²) >= 11 is 3.32. The van der Waals surface area contributed by atoms with Crippen molar-refractivity contribution in [3.63, 3.8) is 0 Å². The van der Waals surface area contributed by atoms with E-state index in [9.17, 15) is 0 Å². The predicted octanol–water partition coefficient (Wildman–Crippen LogP) is 3.30. The van der Waals surface area contributed by atoms with Crippen molar-refractivity contribution in [2.45, 2.75) is 48.4 Å². The number of rotatable bonds is 3. The van der Waals surface area contributed by atoms with Gasteiger partial charge in [-0.2, -0.15) is 0 Å². The smallest absolute Gasteiger partial charge is 0.214 e. The Morgan fingerprint density at radius 2 is 2.26 bits per heavy atom. The molecule has 1 aliphatic carbocycles. The minimum absolute atomic E-state index is 0.0627. The Labute approximate surface area is 141 Å². The van der Waals surface area contributed by atoms with Crippen molar-refractivity contribution in [3.05, 3.63) is 22.6 Å². The van der Waals surface area contributed by atoms with E-state index < -0.39 is 0 Å². The summed E-state index contributed by atoms with van der Waals surface area (Å²) in [5.41, 5.74) is 1.43. The number of thiophene rings is 1. The largest absolute Gasteiger partial charge is 0.370 e. The standard InChI is InChI=1S/C15H15N5OS2/c1-3-8-10(5-1)22-13-11(8)14(17-7-16-13)23-15-18-12(19-20-15)9-4-2-6-21-9/h7,9H,1-6H2,(H,18,19,20)/t9-/m1/s1. The van der Waals surface area contributed by atoms with Crippen LogP contribution in [0.2, 0.25) is 0 Å². The van der Waals surface area contributed by atoms with Crippen molar-refractivity contribution < 1.29 is 4.74 Å². The van der Waals surface area contributed by atoms with Gasteiger partial charge in [0.05, 0.1) is 0 Å². The molecule has 1 fully saturated rings. The Balaban J connectivity index is 1.49. The highest BCUT2D eigenvalue weighted by Gasteiger charge is 2.24. The van der Waals surface area contributed by atoms with E-state index in [0.717, 1.165) is 41.6 Å². The number of ether oxygens (including phenoxy) is 1. The quantitative estimate of drug-likeness (QED) is 0.734. The lowest BCUT2D eigenvalue weighted by molar-refractivity contribution is 0.105. The lowest BCUT2D eigenvalue weighted by Gasteiger charge is -2.03. The fourth-order valence-electron chi connectivity index (χ4n) is 3.30. The van der Waals surface area contributed by atoms with Crippen molar-refractivity contribution in [2.75, 3.05) is 6.61 Å². The fourth-order valence-corrected chi connectivity index (χ4v) is 5.43. The number of aryl methyl sites for hydroxylation is 2. The summed E-state index contributed by atoms with van der Waals surface area (Å²) in [5, 5.41) is 10.2. The van der Waals surface area contributed by atoms with Crippen molar-refractivity contribution >= 4 is 33.3 Å². The summed E-state index contributed by atoms with van der Waals surface area (Å²) in [5.74, 6) is 0.825. The van der Waals surface area contributed by atoms with E-state index in [1.807, 2.05) is 0 Å². The molecule has 0 spiro atoms. The Bertz CT molecular complexity index is 868. The molecule has 2 aliphatic rings. The summed E-state index contributed by atoms with van der Waals surface area (Å²) in [6.07, 6.45) is 7.34. The molecular formula is C15H15N5OS2. The van der Waals surface area contributed by atoms with Crippen molar-refractivity contribution in [1.82, 2.24) is 25.1 Å². The lowest BCUT2D eigenvalue weighted by atomic mass is 10.2. The number of aromatic amines is 1. The molecule has 4 heterocycles. The average molecular weight is 345 g/mol. The van der Waals surface area contributed by atoms with Gasteiger partial charge in [-0.25, -0.2) is 15.0 Å². The molecule has 1 atom stereocenters. The Kier molecular flexibility index (Phi) is 3.34. The average Bonchev–Trinajstić information content (AvgIpc) is 3.31. The van der Waals surface area contributed by atoms with Gasteiger partial charge in [-0.15, -0.1) is 16.4 Å². The van der Waals surface area contributed by atoms with Crippen LogP contribution in [-0.2, 0) is 17.6 Å². The summed E-state index contributed by atoms with van der Waals surface area (Å²) in [4.78, 5) is 16.1. The topological polar surface area (TPSA) is 76.6 Å². The first-order valence-corrected chi connectivity index (χ1v) is 9.49. The van der Waals surface area contributed by atoms with E-state index in [-0.39, 0.29) is 6.10 Å². The van der Waals surface area contributed by atoms with Crippen LogP contribution in [0.15, 0.2) is 16.5 Å². The monoisotopic (exact) mass is 345 g/mol. The fraction of sp³-hybridized carbons (Fsp3) is 0.467. The van der Waals surface area contributed by atoms with Crippen LogP contribution in [0.5, 0.6) is 0 Å². The number of nitrogens with one attached hydrogen (secondary N) is 1. The highest BCUT2D eigenvalue weighted by Crippen LogP contribution is 2.41. The molecule has 3 aromatic rings. The Hall–Kier alpha value is -1.51. The minimum Gasteiger partial charge on any atom is -0.370 e. The van der Waals surface area contributed by atoms with Gasteiger partial charge >= 0.3 is 0 Å². The second-order valence-corrected chi connectivity index (χ2v) is 7.86. The predicted molar refractivity (Wildman–Crippen MR) is 87.9 cm³/mol. The third kappa shape index (κ3) is 2.36. The highest BCUT2D eigenvalue weighted by molar-refractivity contribution is 7.99. The van der Waals surface area contributed by atoms with Gasteiger partial charge in [-0.1, -0.05) is 0 Å². The number of hydrogen-bond donors (Lipinski definition) is 1. The van der Waals surface area contributed by atoms with E-state index in [2.05, 4.69) is 25.1 Å². The zero-order chi connectivity index (χ0) is 15.2. The number of fused-ring (bicyclic) bond motifs is 3. The molecule has 1 aliphatic heterocycles. The molecule has 8 heteroatoms. The molecule has 0 unspecified atom stereocenters. The molecule has 0 aromatic carbocycles. The second-order valence-electron chi connectivity index (χ2n) is 5.82. The maximum atomic E-state index is 5.65. The molecular weight excluding hydrogens is 330 g/mol. The normalized spacial score (nSPS) is 20.4. The molecule has 1 N–H and O–H groups in total. The lowest BCUT2D eigenvalue weighted by Crippen LogP contribution is -1.97. The zero-order valence-corrected chi connectivity index (χ0v) is 14.0.